The van der Waals surface area contributed by atoms with Crippen LogP contribution < -0.4 is 5.32 Å². The minimum Gasteiger partial charge on any atom is -0.358 e. The number of anilines is 1. The van der Waals surface area contributed by atoms with Crippen LogP contribution in [0.2, 0.25) is 0 Å². The summed E-state index contributed by atoms with van der Waals surface area (Å²) < 4.78 is 0. The fraction of sp³-hybridized carbons (Fsp3) is 0.412. The molecular formula is C17H21N5O2. The number of carbonyl (C=O) groups is 2. The van der Waals surface area contributed by atoms with Gasteiger partial charge in [0.2, 0.25) is 11.8 Å². The van der Waals surface area contributed by atoms with Gasteiger partial charge in [-0.3, -0.25) is 9.59 Å². The molecule has 1 aliphatic heterocycles. The summed E-state index contributed by atoms with van der Waals surface area (Å²) in [6.45, 7) is 5.69. The summed E-state index contributed by atoms with van der Waals surface area (Å²) in [6, 6.07) is 7.29. The number of amides is 2. The smallest absolute Gasteiger partial charge is 0.244 e. The maximum Gasteiger partial charge on any atom is 0.244 e. The largest absolute Gasteiger partial charge is 0.358 e. The van der Waals surface area contributed by atoms with Gasteiger partial charge in [-0.25, -0.2) is 9.97 Å². The Morgan fingerprint density at radius 2 is 1.75 bits per heavy atom. The van der Waals surface area contributed by atoms with Gasteiger partial charge in [-0.2, -0.15) is 0 Å². The van der Waals surface area contributed by atoms with Gasteiger partial charge in [-0.15, -0.1) is 0 Å². The first-order valence-electron chi connectivity index (χ1n) is 8.07. The number of piperazine rings is 1. The van der Waals surface area contributed by atoms with E-state index in [1.165, 1.54) is 6.33 Å². The minimum atomic E-state index is -0.396. The predicted molar refractivity (Wildman–Crippen MR) is 91.5 cm³/mol. The lowest BCUT2D eigenvalue weighted by Gasteiger charge is -2.35. The Labute approximate surface area is 140 Å². The molecule has 126 valence electrons. The summed E-state index contributed by atoms with van der Waals surface area (Å²) in [5, 5.41) is 4.08. The number of fused-ring (bicyclic) bond motifs is 1. The molecule has 1 aliphatic rings. The SMILES string of the molecule is CC(=O)N1CCN(C(=O)C(C)Nc2ncnc3ccccc23)CC1. The molecule has 7 nitrogen and oxygen atoms in total. The normalized spacial score (nSPS) is 16.1. The first-order valence-corrected chi connectivity index (χ1v) is 8.07. The van der Waals surface area contributed by atoms with Crippen LogP contribution >= 0.6 is 0 Å². The molecule has 0 radical (unpaired) electrons. The summed E-state index contributed by atoms with van der Waals surface area (Å²) in [4.78, 5) is 36.0. The molecule has 0 spiro atoms. The van der Waals surface area contributed by atoms with Gasteiger partial charge in [0.05, 0.1) is 5.52 Å². The summed E-state index contributed by atoms with van der Waals surface area (Å²) in [5.41, 5.74) is 0.838. The number of benzene rings is 1. The van der Waals surface area contributed by atoms with Crippen molar-refractivity contribution in [2.75, 3.05) is 31.5 Å². The molecular weight excluding hydrogens is 306 g/mol. The van der Waals surface area contributed by atoms with Gasteiger partial charge >= 0.3 is 0 Å². The number of carbonyl (C=O) groups excluding carboxylic acids is 2. The van der Waals surface area contributed by atoms with Crippen molar-refractivity contribution in [3.8, 4) is 0 Å². The standard InChI is InChI=1S/C17H21N5O2/c1-12(17(24)22-9-7-21(8-10-22)13(2)23)20-16-14-5-3-4-6-15(14)18-11-19-16/h3-6,11-12H,7-10H2,1-2H3,(H,18,19,20). The molecule has 1 fully saturated rings. The molecule has 1 N–H and O–H groups in total. The summed E-state index contributed by atoms with van der Waals surface area (Å²) in [5.74, 6) is 0.727. The molecule has 2 heterocycles. The fourth-order valence-electron chi connectivity index (χ4n) is 2.90. The molecule has 7 heteroatoms. The van der Waals surface area contributed by atoms with Crippen LogP contribution in [0.4, 0.5) is 5.82 Å². The van der Waals surface area contributed by atoms with Crippen molar-refractivity contribution >= 4 is 28.5 Å². The van der Waals surface area contributed by atoms with E-state index >= 15 is 0 Å². The van der Waals surface area contributed by atoms with E-state index in [9.17, 15) is 9.59 Å². The summed E-state index contributed by atoms with van der Waals surface area (Å²) >= 11 is 0. The summed E-state index contributed by atoms with van der Waals surface area (Å²) in [6.07, 6.45) is 1.49. The van der Waals surface area contributed by atoms with Crippen LogP contribution in [0.5, 0.6) is 0 Å². The highest BCUT2D eigenvalue weighted by Gasteiger charge is 2.26. The minimum absolute atomic E-state index is 0.0147. The van der Waals surface area contributed by atoms with Crippen LogP contribution in [0.15, 0.2) is 30.6 Å². The van der Waals surface area contributed by atoms with Crippen LogP contribution in [-0.2, 0) is 9.59 Å². The highest BCUT2D eigenvalue weighted by atomic mass is 16.2. The number of para-hydroxylation sites is 1. The third-order valence-electron chi connectivity index (χ3n) is 4.30. The number of nitrogens with zero attached hydrogens (tertiary/aromatic N) is 4. The maximum atomic E-state index is 12.6. The Balaban J connectivity index is 1.67. The van der Waals surface area contributed by atoms with Gasteiger partial charge in [0.15, 0.2) is 0 Å². The van der Waals surface area contributed by atoms with E-state index in [2.05, 4.69) is 15.3 Å². The van der Waals surface area contributed by atoms with E-state index in [1.807, 2.05) is 31.2 Å². The van der Waals surface area contributed by atoms with Gasteiger partial charge in [0.1, 0.15) is 18.2 Å². The van der Waals surface area contributed by atoms with Gasteiger partial charge in [-0.1, -0.05) is 12.1 Å². The van der Waals surface area contributed by atoms with Crippen LogP contribution in [0.3, 0.4) is 0 Å². The number of rotatable bonds is 3. The molecule has 1 atom stereocenters. The van der Waals surface area contributed by atoms with E-state index in [1.54, 1.807) is 16.7 Å². The molecule has 1 aromatic carbocycles. The van der Waals surface area contributed by atoms with Crippen molar-refractivity contribution in [2.24, 2.45) is 0 Å². The Morgan fingerprint density at radius 1 is 1.08 bits per heavy atom. The molecule has 1 unspecified atom stereocenters. The van der Waals surface area contributed by atoms with Crippen LogP contribution in [0.1, 0.15) is 13.8 Å². The third-order valence-corrected chi connectivity index (χ3v) is 4.30. The van der Waals surface area contributed by atoms with Gasteiger partial charge in [0.25, 0.3) is 0 Å². The first kappa shape index (κ1) is 16.2. The van der Waals surface area contributed by atoms with E-state index in [0.717, 1.165) is 10.9 Å². The first-order chi connectivity index (χ1) is 11.6. The van der Waals surface area contributed by atoms with Crippen molar-refractivity contribution in [3.63, 3.8) is 0 Å². The van der Waals surface area contributed by atoms with Crippen molar-refractivity contribution < 1.29 is 9.59 Å². The topological polar surface area (TPSA) is 78.4 Å². The fourth-order valence-corrected chi connectivity index (χ4v) is 2.90. The predicted octanol–water partition coefficient (Wildman–Crippen LogP) is 1.12. The lowest BCUT2D eigenvalue weighted by molar-refractivity contribution is -0.138. The van der Waals surface area contributed by atoms with E-state index < -0.39 is 6.04 Å². The van der Waals surface area contributed by atoms with Crippen LogP contribution in [0, 0.1) is 0 Å². The molecule has 0 saturated carbocycles. The molecule has 0 bridgehead atoms. The van der Waals surface area contributed by atoms with E-state index in [-0.39, 0.29) is 11.8 Å². The molecule has 1 aromatic heterocycles. The average Bonchev–Trinajstić information content (AvgIpc) is 2.61. The third kappa shape index (κ3) is 3.29. The Hall–Kier alpha value is -2.70. The molecule has 2 aromatic rings. The number of nitrogens with one attached hydrogen (secondary N) is 1. The van der Waals surface area contributed by atoms with Crippen molar-refractivity contribution in [1.82, 2.24) is 19.8 Å². The molecule has 1 saturated heterocycles. The zero-order valence-corrected chi connectivity index (χ0v) is 13.9. The molecule has 24 heavy (non-hydrogen) atoms. The quantitative estimate of drug-likeness (QED) is 0.914. The van der Waals surface area contributed by atoms with Crippen molar-refractivity contribution in [2.45, 2.75) is 19.9 Å². The van der Waals surface area contributed by atoms with Gasteiger partial charge in [-0.05, 0) is 19.1 Å². The lowest BCUT2D eigenvalue weighted by Crippen LogP contribution is -2.53. The number of aromatic nitrogens is 2. The van der Waals surface area contributed by atoms with Crippen LogP contribution in [-0.4, -0.2) is 63.8 Å². The highest BCUT2D eigenvalue weighted by molar-refractivity contribution is 5.91. The van der Waals surface area contributed by atoms with E-state index in [4.69, 9.17) is 0 Å². The van der Waals surface area contributed by atoms with Gasteiger partial charge < -0.3 is 15.1 Å². The van der Waals surface area contributed by atoms with Crippen LogP contribution in [0.25, 0.3) is 10.9 Å². The van der Waals surface area contributed by atoms with Crippen molar-refractivity contribution in [1.29, 1.82) is 0 Å². The monoisotopic (exact) mass is 327 g/mol. The molecule has 2 amide bonds. The highest BCUT2D eigenvalue weighted by Crippen LogP contribution is 2.19. The number of hydrogen-bond acceptors (Lipinski definition) is 5. The summed E-state index contributed by atoms with van der Waals surface area (Å²) in [7, 11) is 0. The Morgan fingerprint density at radius 3 is 2.46 bits per heavy atom. The van der Waals surface area contributed by atoms with Gasteiger partial charge in [0, 0.05) is 38.5 Å². The van der Waals surface area contributed by atoms with E-state index in [0.29, 0.717) is 32.0 Å². The Kier molecular flexibility index (Phi) is 4.59. The van der Waals surface area contributed by atoms with Crippen molar-refractivity contribution in [3.05, 3.63) is 30.6 Å². The zero-order valence-electron chi connectivity index (χ0n) is 13.9. The maximum absolute atomic E-state index is 12.6. The second kappa shape index (κ2) is 6.82. The second-order valence-electron chi connectivity index (χ2n) is 5.94. The average molecular weight is 327 g/mol. The number of hydrogen-bond donors (Lipinski definition) is 1. The molecule has 3 rings (SSSR count). The zero-order chi connectivity index (χ0) is 17.1. The molecule has 0 aliphatic carbocycles. The second-order valence-corrected chi connectivity index (χ2v) is 5.94. The Bertz CT molecular complexity index is 750. The lowest BCUT2D eigenvalue weighted by atomic mass is 10.2.